The molecule has 0 saturated carbocycles. The van der Waals surface area contributed by atoms with Crippen LogP contribution in [-0.2, 0) is 11.3 Å². The summed E-state index contributed by atoms with van der Waals surface area (Å²) in [6.07, 6.45) is 3.07. The highest BCUT2D eigenvalue weighted by molar-refractivity contribution is 5.86. The molecule has 0 amide bonds. The fourth-order valence-corrected chi connectivity index (χ4v) is 1.19. The molecule has 0 radical (unpaired) electrons. The first kappa shape index (κ1) is 11.8. The average Bonchev–Trinajstić information content (AvgIpc) is 2.72. The first-order valence-corrected chi connectivity index (χ1v) is 5.23. The van der Waals surface area contributed by atoms with Gasteiger partial charge in [0, 0.05) is 0 Å². The molecule has 0 spiro atoms. The van der Waals surface area contributed by atoms with Gasteiger partial charge in [0.2, 0.25) is 5.76 Å². The zero-order chi connectivity index (χ0) is 11.1. The zero-order valence-corrected chi connectivity index (χ0v) is 8.99. The average molecular weight is 211 g/mol. The Morgan fingerprint density at radius 3 is 2.87 bits per heavy atom. The molecular formula is C11H17NO3. The van der Waals surface area contributed by atoms with Crippen LogP contribution in [0.25, 0.3) is 0 Å². The van der Waals surface area contributed by atoms with Crippen molar-refractivity contribution in [1.82, 2.24) is 0 Å². The summed E-state index contributed by atoms with van der Waals surface area (Å²) in [4.78, 5) is 11.4. The first-order valence-electron chi connectivity index (χ1n) is 5.23. The van der Waals surface area contributed by atoms with Crippen LogP contribution in [0, 0.1) is 0 Å². The molecule has 0 atom stereocenters. The van der Waals surface area contributed by atoms with Gasteiger partial charge in [-0.25, -0.2) is 4.79 Å². The molecule has 0 aliphatic heterocycles. The number of ether oxygens (including phenoxy) is 1. The quantitative estimate of drug-likeness (QED) is 0.578. The Kier molecular flexibility index (Phi) is 4.90. The lowest BCUT2D eigenvalue weighted by atomic mass is 10.3. The van der Waals surface area contributed by atoms with Crippen LogP contribution >= 0.6 is 0 Å². The number of hydrogen-bond acceptors (Lipinski definition) is 4. The van der Waals surface area contributed by atoms with Crippen LogP contribution in [0.1, 0.15) is 42.5 Å². The Morgan fingerprint density at radius 2 is 2.27 bits per heavy atom. The predicted octanol–water partition coefficient (Wildman–Crippen LogP) is 2.09. The molecule has 1 rings (SSSR count). The van der Waals surface area contributed by atoms with Crippen LogP contribution in [0.5, 0.6) is 0 Å². The summed E-state index contributed by atoms with van der Waals surface area (Å²) in [5.74, 6) is 0.410. The van der Waals surface area contributed by atoms with Crippen molar-refractivity contribution in [3.8, 4) is 0 Å². The van der Waals surface area contributed by atoms with Crippen LogP contribution in [0.3, 0.4) is 0 Å². The van der Waals surface area contributed by atoms with E-state index in [9.17, 15) is 4.79 Å². The highest BCUT2D eigenvalue weighted by Crippen LogP contribution is 2.08. The maximum atomic E-state index is 11.4. The van der Waals surface area contributed by atoms with Gasteiger partial charge in [-0.1, -0.05) is 19.8 Å². The Balaban J connectivity index is 2.33. The topological polar surface area (TPSA) is 65.5 Å². The van der Waals surface area contributed by atoms with E-state index in [2.05, 4.69) is 6.92 Å². The van der Waals surface area contributed by atoms with Gasteiger partial charge in [-0.05, 0) is 18.6 Å². The third kappa shape index (κ3) is 3.75. The SMILES string of the molecule is CCCCCOC(=O)c1ccc(CN)o1. The number of rotatable bonds is 6. The van der Waals surface area contributed by atoms with Gasteiger partial charge in [0.1, 0.15) is 5.76 Å². The molecule has 1 aromatic rings. The lowest BCUT2D eigenvalue weighted by molar-refractivity contribution is 0.0460. The van der Waals surface area contributed by atoms with E-state index in [-0.39, 0.29) is 5.76 Å². The van der Waals surface area contributed by atoms with Crippen molar-refractivity contribution in [2.75, 3.05) is 6.61 Å². The summed E-state index contributed by atoms with van der Waals surface area (Å²) in [6, 6.07) is 3.27. The lowest BCUT2D eigenvalue weighted by Crippen LogP contribution is -2.05. The lowest BCUT2D eigenvalue weighted by Gasteiger charge is -2.01. The van der Waals surface area contributed by atoms with Crippen LogP contribution in [0.2, 0.25) is 0 Å². The number of nitrogens with two attached hydrogens (primary N) is 1. The second-order valence-corrected chi connectivity index (χ2v) is 3.31. The normalized spacial score (nSPS) is 10.3. The van der Waals surface area contributed by atoms with Crippen molar-refractivity contribution in [1.29, 1.82) is 0 Å². The van der Waals surface area contributed by atoms with Gasteiger partial charge in [-0.3, -0.25) is 0 Å². The molecular weight excluding hydrogens is 194 g/mol. The molecule has 1 aromatic heterocycles. The van der Waals surface area contributed by atoms with E-state index in [4.69, 9.17) is 14.9 Å². The highest BCUT2D eigenvalue weighted by atomic mass is 16.5. The molecule has 0 saturated heterocycles. The van der Waals surface area contributed by atoms with E-state index in [1.165, 1.54) is 0 Å². The molecule has 1 heterocycles. The number of esters is 1. The van der Waals surface area contributed by atoms with Gasteiger partial charge < -0.3 is 14.9 Å². The van der Waals surface area contributed by atoms with Gasteiger partial charge in [-0.2, -0.15) is 0 Å². The summed E-state index contributed by atoms with van der Waals surface area (Å²) in [5, 5.41) is 0. The second-order valence-electron chi connectivity index (χ2n) is 3.31. The van der Waals surface area contributed by atoms with Crippen molar-refractivity contribution in [3.05, 3.63) is 23.7 Å². The molecule has 0 aliphatic rings. The van der Waals surface area contributed by atoms with E-state index >= 15 is 0 Å². The first-order chi connectivity index (χ1) is 7.27. The standard InChI is InChI=1S/C11H17NO3/c1-2-3-4-7-14-11(13)10-6-5-9(8-12)15-10/h5-6H,2-4,7-8,12H2,1H3. The number of carbonyl (C=O) groups excluding carboxylic acids is 1. The number of hydrogen-bond donors (Lipinski definition) is 1. The monoisotopic (exact) mass is 211 g/mol. The third-order valence-corrected chi connectivity index (χ3v) is 2.05. The molecule has 0 bridgehead atoms. The Morgan fingerprint density at radius 1 is 1.47 bits per heavy atom. The Labute approximate surface area is 89.4 Å². The summed E-state index contributed by atoms with van der Waals surface area (Å²) in [5.41, 5.74) is 5.36. The minimum absolute atomic E-state index is 0.229. The maximum absolute atomic E-state index is 11.4. The molecule has 2 N–H and O–H groups in total. The minimum atomic E-state index is -0.411. The minimum Gasteiger partial charge on any atom is -0.460 e. The van der Waals surface area contributed by atoms with E-state index in [1.54, 1.807) is 12.1 Å². The molecule has 0 fully saturated rings. The third-order valence-electron chi connectivity index (χ3n) is 2.05. The van der Waals surface area contributed by atoms with Crippen molar-refractivity contribution in [2.45, 2.75) is 32.7 Å². The Bertz CT molecular complexity index is 307. The predicted molar refractivity (Wildman–Crippen MR) is 56.4 cm³/mol. The van der Waals surface area contributed by atoms with E-state index in [0.717, 1.165) is 19.3 Å². The maximum Gasteiger partial charge on any atom is 0.374 e. The van der Waals surface area contributed by atoms with Crippen LogP contribution in [0.15, 0.2) is 16.5 Å². The van der Waals surface area contributed by atoms with Crippen molar-refractivity contribution >= 4 is 5.97 Å². The summed E-state index contributed by atoms with van der Waals surface area (Å²) in [6.45, 7) is 2.84. The van der Waals surface area contributed by atoms with Gasteiger partial charge in [0.15, 0.2) is 0 Å². The number of furan rings is 1. The van der Waals surface area contributed by atoms with Gasteiger partial charge in [-0.15, -0.1) is 0 Å². The molecule has 4 nitrogen and oxygen atoms in total. The van der Waals surface area contributed by atoms with E-state index < -0.39 is 5.97 Å². The molecule has 4 heteroatoms. The summed E-state index contributed by atoms with van der Waals surface area (Å²) >= 11 is 0. The second kappa shape index (κ2) is 6.24. The highest BCUT2D eigenvalue weighted by Gasteiger charge is 2.11. The van der Waals surface area contributed by atoms with E-state index in [0.29, 0.717) is 18.9 Å². The van der Waals surface area contributed by atoms with E-state index in [1.807, 2.05) is 0 Å². The van der Waals surface area contributed by atoms with Crippen LogP contribution in [0.4, 0.5) is 0 Å². The van der Waals surface area contributed by atoms with Gasteiger partial charge in [0.25, 0.3) is 0 Å². The summed E-state index contributed by atoms with van der Waals surface area (Å²) in [7, 11) is 0. The zero-order valence-electron chi connectivity index (χ0n) is 8.99. The largest absolute Gasteiger partial charge is 0.460 e. The molecule has 0 aromatic carbocycles. The molecule has 15 heavy (non-hydrogen) atoms. The van der Waals surface area contributed by atoms with Crippen LogP contribution < -0.4 is 5.73 Å². The fraction of sp³-hybridized carbons (Fsp3) is 0.545. The Hall–Kier alpha value is -1.29. The van der Waals surface area contributed by atoms with Gasteiger partial charge >= 0.3 is 5.97 Å². The van der Waals surface area contributed by atoms with Crippen molar-refractivity contribution in [2.24, 2.45) is 5.73 Å². The molecule has 0 unspecified atom stereocenters. The van der Waals surface area contributed by atoms with Crippen LogP contribution in [-0.4, -0.2) is 12.6 Å². The smallest absolute Gasteiger partial charge is 0.374 e. The number of unbranched alkanes of at least 4 members (excludes halogenated alkanes) is 2. The van der Waals surface area contributed by atoms with Crippen molar-refractivity contribution < 1.29 is 13.9 Å². The molecule has 84 valence electrons. The molecule has 0 aliphatic carbocycles. The fourth-order valence-electron chi connectivity index (χ4n) is 1.19. The van der Waals surface area contributed by atoms with Gasteiger partial charge in [0.05, 0.1) is 13.2 Å². The summed E-state index contributed by atoms with van der Waals surface area (Å²) < 4.78 is 10.2. The van der Waals surface area contributed by atoms with Crippen molar-refractivity contribution in [3.63, 3.8) is 0 Å². The number of carbonyl (C=O) groups is 1.